The Labute approximate surface area is 137 Å². The first-order valence-electron chi connectivity index (χ1n) is 6.60. The van der Waals surface area contributed by atoms with Gasteiger partial charge in [0.15, 0.2) is 0 Å². The summed E-state index contributed by atoms with van der Waals surface area (Å²) in [6.07, 6.45) is 0. The van der Waals surface area contributed by atoms with Crippen molar-refractivity contribution in [1.82, 2.24) is 10.2 Å². The molecule has 6 heteroatoms. The number of nitrogens with zero attached hydrogens (tertiary/aromatic N) is 2. The Morgan fingerprint density at radius 3 is 2.82 bits per heavy atom. The fraction of sp³-hybridized carbons (Fsp3) is 0.125. The molecule has 0 unspecified atom stereocenters. The molecule has 3 aromatic rings. The maximum Gasteiger partial charge on any atom is 0.277 e. The molecule has 3 rings (SSSR count). The molecule has 0 radical (unpaired) electrons. The number of benzene rings is 2. The SMILES string of the molecule is COc1cccc(CSc2nnc(-c3ccccc3Cl)o2)c1. The summed E-state index contributed by atoms with van der Waals surface area (Å²) in [5.74, 6) is 1.99. The van der Waals surface area contributed by atoms with Crippen LogP contribution in [0.5, 0.6) is 5.75 Å². The van der Waals surface area contributed by atoms with Crippen molar-refractivity contribution in [2.75, 3.05) is 7.11 Å². The standard InChI is InChI=1S/C16H13ClN2O2S/c1-20-12-6-4-5-11(9-12)10-22-16-19-18-15(21-16)13-7-2-3-8-14(13)17/h2-9H,10H2,1H3. The average molecular weight is 333 g/mol. The van der Waals surface area contributed by atoms with Crippen LogP contribution in [-0.2, 0) is 5.75 Å². The lowest BCUT2D eigenvalue weighted by Gasteiger charge is -2.02. The molecular weight excluding hydrogens is 320 g/mol. The van der Waals surface area contributed by atoms with Crippen molar-refractivity contribution in [1.29, 1.82) is 0 Å². The average Bonchev–Trinajstić information content (AvgIpc) is 3.02. The predicted octanol–water partition coefficient (Wildman–Crippen LogP) is 4.69. The summed E-state index contributed by atoms with van der Waals surface area (Å²) in [5, 5.41) is 9.20. The van der Waals surface area contributed by atoms with E-state index in [0.29, 0.717) is 16.1 Å². The maximum absolute atomic E-state index is 6.13. The van der Waals surface area contributed by atoms with Crippen molar-refractivity contribution < 1.29 is 9.15 Å². The molecule has 0 saturated heterocycles. The Morgan fingerprint density at radius 2 is 2.00 bits per heavy atom. The van der Waals surface area contributed by atoms with Crippen LogP contribution < -0.4 is 4.74 Å². The largest absolute Gasteiger partial charge is 0.497 e. The molecule has 0 N–H and O–H groups in total. The van der Waals surface area contributed by atoms with Crippen LogP contribution in [0.2, 0.25) is 5.02 Å². The first kappa shape index (κ1) is 14.9. The van der Waals surface area contributed by atoms with Crippen LogP contribution in [0.1, 0.15) is 5.56 Å². The lowest BCUT2D eigenvalue weighted by Crippen LogP contribution is -1.85. The quantitative estimate of drug-likeness (QED) is 0.634. The summed E-state index contributed by atoms with van der Waals surface area (Å²) in [4.78, 5) is 0. The van der Waals surface area contributed by atoms with E-state index >= 15 is 0 Å². The van der Waals surface area contributed by atoms with Crippen molar-refractivity contribution >= 4 is 23.4 Å². The van der Waals surface area contributed by atoms with Crippen LogP contribution in [0.3, 0.4) is 0 Å². The highest BCUT2D eigenvalue weighted by Gasteiger charge is 2.12. The molecule has 1 aromatic heterocycles. The van der Waals surface area contributed by atoms with Crippen molar-refractivity contribution in [3.63, 3.8) is 0 Å². The van der Waals surface area contributed by atoms with Crippen LogP contribution >= 0.6 is 23.4 Å². The second-order valence-corrected chi connectivity index (χ2v) is 5.83. The molecule has 1 heterocycles. The van der Waals surface area contributed by atoms with Crippen LogP contribution in [0.25, 0.3) is 11.5 Å². The summed E-state index contributed by atoms with van der Waals surface area (Å²) < 4.78 is 10.9. The number of hydrogen-bond acceptors (Lipinski definition) is 5. The van der Waals surface area contributed by atoms with E-state index in [1.54, 1.807) is 13.2 Å². The molecule has 2 aromatic carbocycles. The van der Waals surface area contributed by atoms with Crippen LogP contribution in [0.15, 0.2) is 58.2 Å². The van der Waals surface area contributed by atoms with Crippen LogP contribution in [0.4, 0.5) is 0 Å². The van der Waals surface area contributed by atoms with Crippen LogP contribution in [-0.4, -0.2) is 17.3 Å². The zero-order valence-electron chi connectivity index (χ0n) is 11.8. The fourth-order valence-corrected chi connectivity index (χ4v) is 2.84. The van der Waals surface area contributed by atoms with E-state index in [2.05, 4.69) is 10.2 Å². The zero-order valence-corrected chi connectivity index (χ0v) is 13.4. The van der Waals surface area contributed by atoms with Gasteiger partial charge in [0.2, 0.25) is 5.89 Å². The lowest BCUT2D eigenvalue weighted by molar-refractivity contribution is 0.414. The molecule has 112 valence electrons. The smallest absolute Gasteiger partial charge is 0.277 e. The Bertz CT molecular complexity index is 776. The van der Waals surface area contributed by atoms with Crippen molar-refractivity contribution in [2.45, 2.75) is 11.0 Å². The topological polar surface area (TPSA) is 48.2 Å². The minimum absolute atomic E-state index is 0.429. The molecule has 0 spiro atoms. The Balaban J connectivity index is 1.71. The molecule has 0 atom stereocenters. The Kier molecular flexibility index (Phi) is 4.65. The first-order valence-corrected chi connectivity index (χ1v) is 7.97. The van der Waals surface area contributed by atoms with Gasteiger partial charge in [-0.05, 0) is 29.8 Å². The predicted molar refractivity (Wildman–Crippen MR) is 87.3 cm³/mol. The highest BCUT2D eigenvalue weighted by molar-refractivity contribution is 7.98. The van der Waals surface area contributed by atoms with Crippen LogP contribution in [0, 0.1) is 0 Å². The second kappa shape index (κ2) is 6.85. The van der Waals surface area contributed by atoms with Gasteiger partial charge in [-0.25, -0.2) is 0 Å². The van der Waals surface area contributed by atoms with E-state index in [0.717, 1.165) is 22.6 Å². The maximum atomic E-state index is 6.13. The first-order chi connectivity index (χ1) is 10.8. The van der Waals surface area contributed by atoms with Crippen molar-refractivity contribution in [2.24, 2.45) is 0 Å². The summed E-state index contributed by atoms with van der Waals surface area (Å²) in [7, 11) is 1.65. The number of thioether (sulfide) groups is 1. The molecule has 0 aliphatic rings. The molecule has 0 aliphatic carbocycles. The normalized spacial score (nSPS) is 10.6. The van der Waals surface area contributed by atoms with E-state index in [9.17, 15) is 0 Å². The second-order valence-electron chi connectivity index (χ2n) is 4.49. The molecule has 22 heavy (non-hydrogen) atoms. The number of rotatable bonds is 5. The Hall–Kier alpha value is -1.98. The molecule has 0 saturated carbocycles. The van der Waals surface area contributed by atoms with Crippen molar-refractivity contribution in [3.8, 4) is 17.2 Å². The van der Waals surface area contributed by atoms with Crippen molar-refractivity contribution in [3.05, 3.63) is 59.1 Å². The highest BCUT2D eigenvalue weighted by Crippen LogP contribution is 2.30. The molecule has 0 bridgehead atoms. The summed E-state index contributed by atoms with van der Waals surface area (Å²) in [6.45, 7) is 0. The van der Waals surface area contributed by atoms with Gasteiger partial charge in [0, 0.05) is 5.75 Å². The third-order valence-electron chi connectivity index (χ3n) is 3.01. The molecule has 0 fully saturated rings. The van der Waals surface area contributed by atoms with E-state index in [-0.39, 0.29) is 0 Å². The van der Waals surface area contributed by atoms with Gasteiger partial charge in [0.1, 0.15) is 5.75 Å². The summed E-state index contributed by atoms with van der Waals surface area (Å²) in [6, 6.07) is 15.3. The van der Waals surface area contributed by atoms with Gasteiger partial charge < -0.3 is 9.15 Å². The van der Waals surface area contributed by atoms with Gasteiger partial charge in [-0.2, -0.15) is 0 Å². The summed E-state index contributed by atoms with van der Waals surface area (Å²) >= 11 is 7.60. The lowest BCUT2D eigenvalue weighted by atomic mass is 10.2. The number of methoxy groups -OCH3 is 1. The van der Waals surface area contributed by atoms with E-state index < -0.39 is 0 Å². The van der Waals surface area contributed by atoms with Gasteiger partial charge >= 0.3 is 0 Å². The third-order valence-corrected chi connectivity index (χ3v) is 4.23. The Morgan fingerprint density at radius 1 is 1.14 bits per heavy atom. The van der Waals surface area contributed by atoms with Gasteiger partial charge in [0.25, 0.3) is 5.22 Å². The fourth-order valence-electron chi connectivity index (χ4n) is 1.92. The molecule has 0 amide bonds. The monoisotopic (exact) mass is 332 g/mol. The number of aromatic nitrogens is 2. The number of hydrogen-bond donors (Lipinski definition) is 0. The highest BCUT2D eigenvalue weighted by atomic mass is 35.5. The number of ether oxygens (including phenoxy) is 1. The van der Waals surface area contributed by atoms with E-state index in [1.165, 1.54) is 11.8 Å². The minimum atomic E-state index is 0.429. The van der Waals surface area contributed by atoms with Gasteiger partial charge in [-0.1, -0.05) is 47.6 Å². The number of halogens is 1. The van der Waals surface area contributed by atoms with E-state index in [4.69, 9.17) is 20.8 Å². The van der Waals surface area contributed by atoms with Gasteiger partial charge in [-0.3, -0.25) is 0 Å². The van der Waals surface area contributed by atoms with E-state index in [1.807, 2.05) is 42.5 Å². The van der Waals surface area contributed by atoms with Gasteiger partial charge in [-0.15, -0.1) is 10.2 Å². The third kappa shape index (κ3) is 3.43. The molecule has 0 aliphatic heterocycles. The molecule has 4 nitrogen and oxygen atoms in total. The zero-order chi connectivity index (χ0) is 15.4. The molecular formula is C16H13ClN2O2S. The minimum Gasteiger partial charge on any atom is -0.497 e. The summed E-state index contributed by atoms with van der Waals surface area (Å²) in [5.41, 5.74) is 1.87. The van der Waals surface area contributed by atoms with Gasteiger partial charge in [0.05, 0.1) is 17.7 Å².